The van der Waals surface area contributed by atoms with Crippen molar-refractivity contribution in [2.45, 2.75) is 104 Å². The number of aliphatic hydroxyl groups is 2. The molecular formula is C38H52F16O14. The summed E-state index contributed by atoms with van der Waals surface area (Å²) in [5, 5.41) is 15.0. The van der Waals surface area contributed by atoms with Gasteiger partial charge in [0.1, 0.15) is 13.2 Å². The van der Waals surface area contributed by atoms with Gasteiger partial charge in [0, 0.05) is 23.1 Å². The van der Waals surface area contributed by atoms with Gasteiger partial charge in [0.15, 0.2) is 19.8 Å². The van der Waals surface area contributed by atoms with E-state index < -0.39 is 143 Å². The molecule has 14 nitrogen and oxygen atoms in total. The molecule has 2 unspecified atom stereocenters. The van der Waals surface area contributed by atoms with Crippen LogP contribution in [-0.2, 0) is 57.2 Å². The molecule has 0 aliphatic rings. The lowest BCUT2D eigenvalue weighted by molar-refractivity contribution is -0.228. The molecule has 0 aromatic heterocycles. The van der Waals surface area contributed by atoms with E-state index in [1.807, 2.05) is 0 Å². The van der Waals surface area contributed by atoms with Crippen molar-refractivity contribution in [3.05, 3.63) is 36.5 Å². The number of hydrogen-bond acceptors (Lipinski definition) is 14. The second kappa shape index (κ2) is 32.6. The van der Waals surface area contributed by atoms with Crippen molar-refractivity contribution in [2.75, 3.05) is 52.9 Å². The number of carbonyl (C=O) groups is 6. The second-order valence-electron chi connectivity index (χ2n) is 14.1. The topological polar surface area (TPSA) is 198 Å². The molecule has 0 aromatic carbocycles. The van der Waals surface area contributed by atoms with Crippen LogP contribution in [0.15, 0.2) is 36.5 Å². The zero-order valence-corrected chi connectivity index (χ0v) is 37.3. The van der Waals surface area contributed by atoms with Crippen LogP contribution in [0.2, 0.25) is 0 Å². The summed E-state index contributed by atoms with van der Waals surface area (Å²) in [4.78, 5) is 65.7. The number of hydrogen-bond donors (Lipinski definition) is 2. The molecule has 0 aromatic rings. The maximum absolute atomic E-state index is 13.1. The van der Waals surface area contributed by atoms with Crippen LogP contribution in [0.3, 0.4) is 0 Å². The van der Waals surface area contributed by atoms with E-state index in [1.165, 1.54) is 20.8 Å². The van der Waals surface area contributed by atoms with Crippen molar-refractivity contribution in [3.63, 3.8) is 0 Å². The fourth-order valence-electron chi connectivity index (χ4n) is 2.35. The van der Waals surface area contributed by atoms with Gasteiger partial charge in [0.25, 0.3) is 0 Å². The maximum Gasteiger partial charge on any atom is 0.422 e. The lowest BCUT2D eigenvalue weighted by atomic mass is 9.94. The summed E-state index contributed by atoms with van der Waals surface area (Å²) >= 11 is 0. The third-order valence-corrected chi connectivity index (χ3v) is 6.74. The summed E-state index contributed by atoms with van der Waals surface area (Å²) < 4.78 is 214. The van der Waals surface area contributed by atoms with Gasteiger partial charge in [-0.2, -0.15) is 65.9 Å². The van der Waals surface area contributed by atoms with Crippen LogP contribution in [0.25, 0.3) is 0 Å². The van der Waals surface area contributed by atoms with Gasteiger partial charge in [0.2, 0.25) is 5.67 Å². The second-order valence-corrected chi connectivity index (χ2v) is 14.1. The molecule has 0 radical (unpaired) electrons. The monoisotopic (exact) mass is 1040 g/mol. The first kappa shape index (κ1) is 71.8. The van der Waals surface area contributed by atoms with Gasteiger partial charge in [-0.25, -0.2) is 33.2 Å². The molecule has 30 heteroatoms. The van der Waals surface area contributed by atoms with E-state index in [1.54, 1.807) is 0 Å². The van der Waals surface area contributed by atoms with Crippen LogP contribution >= 0.6 is 0 Å². The van der Waals surface area contributed by atoms with Crippen LogP contribution < -0.4 is 0 Å². The fraction of sp³-hybridized carbons (Fsp3) is 0.684. The Balaban J connectivity index is -0.000000258. The van der Waals surface area contributed by atoms with E-state index in [0.29, 0.717) is 6.92 Å². The first-order valence-corrected chi connectivity index (χ1v) is 18.4. The van der Waals surface area contributed by atoms with Crippen LogP contribution in [-0.4, -0.2) is 135 Å². The summed E-state index contributed by atoms with van der Waals surface area (Å²) in [5.41, 5.74) is -5.34. The lowest BCUT2D eigenvalue weighted by Gasteiger charge is -2.26. The Morgan fingerprint density at radius 3 is 1.06 bits per heavy atom. The third-order valence-electron chi connectivity index (χ3n) is 6.74. The van der Waals surface area contributed by atoms with Gasteiger partial charge >= 0.3 is 66.7 Å². The minimum absolute atomic E-state index is 0.0567. The first-order chi connectivity index (χ1) is 30.2. The normalized spacial score (nSPS) is 12.8. The highest BCUT2D eigenvalue weighted by Crippen LogP contribution is 2.38. The summed E-state index contributed by atoms with van der Waals surface area (Å²) in [6.07, 6.45) is -24.9. The van der Waals surface area contributed by atoms with Gasteiger partial charge in [-0.05, 0) is 48.0 Å². The number of esters is 6. The summed E-state index contributed by atoms with van der Waals surface area (Å²) in [5.74, 6) is -6.93. The Labute approximate surface area is 378 Å². The third kappa shape index (κ3) is 42.2. The molecule has 0 spiro atoms. The molecule has 0 rings (SSSR count). The molecule has 0 saturated heterocycles. The largest absolute Gasteiger partial charge is 0.463 e. The lowest BCUT2D eigenvalue weighted by Crippen LogP contribution is -2.39. The quantitative estimate of drug-likeness (QED) is 0.0576. The summed E-state index contributed by atoms with van der Waals surface area (Å²) in [6.45, 7) is 10.5. The van der Waals surface area contributed by atoms with Gasteiger partial charge in [0.05, 0.1) is 37.6 Å². The molecule has 0 saturated carbocycles. The molecule has 0 fully saturated rings. The molecule has 0 amide bonds. The van der Waals surface area contributed by atoms with E-state index in [2.05, 4.69) is 48.2 Å². The number of carbonyl (C=O) groups excluding carboxylic acids is 6. The van der Waals surface area contributed by atoms with Crippen molar-refractivity contribution in [3.8, 4) is 0 Å². The van der Waals surface area contributed by atoms with Crippen LogP contribution in [0.5, 0.6) is 0 Å². The Kier molecular flexibility index (Phi) is 34.4. The smallest absolute Gasteiger partial charge is 0.422 e. The highest BCUT2D eigenvalue weighted by molar-refractivity contribution is 5.89. The molecule has 2 N–H and O–H groups in total. The highest BCUT2D eigenvalue weighted by Gasteiger charge is 2.52. The highest BCUT2D eigenvalue weighted by atomic mass is 19.4. The molecule has 0 aliphatic carbocycles. The van der Waals surface area contributed by atoms with Crippen molar-refractivity contribution in [1.29, 1.82) is 0 Å². The molecule has 68 heavy (non-hydrogen) atoms. The van der Waals surface area contributed by atoms with Crippen molar-refractivity contribution >= 4 is 35.8 Å². The Hall–Kier alpha value is -5.16. The van der Waals surface area contributed by atoms with Gasteiger partial charge in [-0.3, -0.25) is 0 Å². The van der Waals surface area contributed by atoms with E-state index in [9.17, 15) is 99.0 Å². The molecule has 0 bridgehead atoms. The van der Waals surface area contributed by atoms with E-state index in [4.69, 9.17) is 10.2 Å². The number of alkyl halides is 16. The standard InChI is InChI=1S/C11H14F4O4.2C11H15F3O4.C3H5F3O.C2H3F3O/c1-7(2)9(17)19-6-8(16)18-5-4-10(3,12)11(13,14)15;1-7(2)9(16)17-5-8(15)18-6-10(3,4)11(12,13)14;1-7(2)10(16)18-6-9(15)17-5-4-8(3)11(12,13)14;4-3(5,6)1-2-7;3-2(4,5)1-6/h1,4-6H2,2-3H3;1,5-6H2,2-4H3;8H,1,4-6H2,2-3H3;7H,1-2H2;6H,1H2. The number of rotatable bonds is 18. The number of aliphatic hydroxyl groups excluding tert-OH is 2. The summed E-state index contributed by atoms with van der Waals surface area (Å²) in [6, 6.07) is 0. The molecule has 0 aliphatic heterocycles. The Morgan fingerprint density at radius 2 is 0.824 bits per heavy atom. The van der Waals surface area contributed by atoms with Gasteiger partial charge in [-0.15, -0.1) is 0 Å². The molecule has 2 atom stereocenters. The van der Waals surface area contributed by atoms with Gasteiger partial charge in [-0.1, -0.05) is 26.7 Å². The van der Waals surface area contributed by atoms with Crippen LogP contribution in [0, 0.1) is 11.3 Å². The predicted octanol–water partition coefficient (Wildman–Crippen LogP) is 8.28. The first-order valence-electron chi connectivity index (χ1n) is 18.4. The van der Waals surface area contributed by atoms with Crippen molar-refractivity contribution in [1.82, 2.24) is 0 Å². The van der Waals surface area contributed by atoms with E-state index >= 15 is 0 Å². The Bertz CT molecular complexity index is 1600. The fourth-order valence-corrected chi connectivity index (χ4v) is 2.35. The average Bonchev–Trinajstić information content (AvgIpc) is 3.15. The average molecular weight is 1040 g/mol. The minimum Gasteiger partial charge on any atom is -0.463 e. The Morgan fingerprint density at radius 1 is 0.500 bits per heavy atom. The number of ether oxygens (including phenoxy) is 6. The van der Waals surface area contributed by atoms with E-state index in [-0.39, 0.29) is 29.7 Å². The van der Waals surface area contributed by atoms with E-state index in [0.717, 1.165) is 20.8 Å². The minimum atomic E-state index is -5.04. The van der Waals surface area contributed by atoms with Crippen LogP contribution in [0.1, 0.15) is 67.7 Å². The maximum atomic E-state index is 13.1. The zero-order chi connectivity index (χ0) is 55.3. The SMILES string of the molecule is C=C(C)C(=O)OCC(=O)OCC(C)(C)C(F)(F)F.C=C(C)C(=O)OCC(=O)OCCC(C)(F)C(F)(F)F.C=C(C)C(=O)OCC(=O)OCCC(C)C(F)(F)F.OCC(F)(F)F.OCCC(F)(F)F. The molecular weight excluding hydrogens is 984 g/mol. The van der Waals surface area contributed by atoms with Crippen LogP contribution in [0.4, 0.5) is 70.2 Å². The van der Waals surface area contributed by atoms with Crippen molar-refractivity contribution in [2.24, 2.45) is 11.3 Å². The molecule has 400 valence electrons. The van der Waals surface area contributed by atoms with Crippen molar-refractivity contribution < 1.29 is 138 Å². The van der Waals surface area contributed by atoms with Gasteiger partial charge < -0.3 is 38.6 Å². The number of halogens is 16. The summed E-state index contributed by atoms with van der Waals surface area (Å²) in [7, 11) is 0. The predicted molar refractivity (Wildman–Crippen MR) is 201 cm³/mol. The molecule has 0 heterocycles. The zero-order valence-electron chi connectivity index (χ0n) is 37.3.